The Morgan fingerprint density at radius 1 is 0.548 bits per heavy atom. The number of fused-ring (bicyclic) bond motifs is 3. The highest BCUT2D eigenvalue weighted by atomic mass is 32.2. The summed E-state index contributed by atoms with van der Waals surface area (Å²) in [6.45, 7) is 3.92. The molecule has 6 aromatic carbocycles. The molecule has 612 valence electrons. The highest BCUT2D eigenvalue weighted by Gasteiger charge is 2.25. The van der Waals surface area contributed by atoms with Crippen LogP contribution in [0.1, 0.15) is 41.5 Å². The summed E-state index contributed by atoms with van der Waals surface area (Å²) >= 11 is 1.96. The van der Waals surface area contributed by atoms with Gasteiger partial charge in [0, 0.05) is 45.8 Å². The van der Waals surface area contributed by atoms with Crippen LogP contribution in [0, 0.1) is 42.2 Å². The van der Waals surface area contributed by atoms with Gasteiger partial charge >= 0.3 is 21.2 Å². The van der Waals surface area contributed by atoms with E-state index in [1.54, 1.807) is 45.0 Å². The Morgan fingerprint density at radius 2 is 1.05 bits per heavy atom. The number of nitrogens with one attached hydrogen (secondary N) is 3. The minimum Gasteiger partial charge on any atom is -0.493 e. The third-order valence-corrected chi connectivity index (χ3v) is 21.6. The average molecular weight is 1790 g/mol. The number of pyridine rings is 1. The van der Waals surface area contributed by atoms with Gasteiger partial charge in [-0.15, -0.1) is 79.5 Å². The number of rotatable bonds is 34. The lowest BCUT2D eigenvalue weighted by Crippen LogP contribution is -2.17. The Bertz CT molecular complexity index is 6400. The number of nitro benzene ring substituents is 1. The first-order valence-corrected chi connectivity index (χ1v) is 44.7. The number of thioether (sulfide) groups is 2. The van der Waals surface area contributed by atoms with E-state index in [0.29, 0.717) is 28.2 Å². The fraction of sp³-hybridized carbons (Fsp3) is 0.237. The standard InChI is InChI=1S/C59H58N18O22S8.2O3S/c1-33-24-46(72-75-54-35(3)39(32-60)55-63-40-12-4-5-13-49(40)76(55)56(54)78)50(99-17-7-20-102(81,82)83)29-42(33)69-73-47-25-34(2)43(30-51(47)100-18-8-21-103(84,85)86)70-74-48-28-44(64-59-66-57(61-16-23-105(90,91)92)65-58(67-59)62-36-10-6-11-38(26-36)106(93,94)95)45(31-52(48)101-19-9-22-104(87,88)89)71-68-41-15-14-37(77(79)80)27-53(41)107(96,97)98;2*1-4(2)3/h4-6,10-15,24-31,78H,7-9,16-23H2,1-3H3,(H,81,82,83)(H,84,85,86)(H,87,88,89)(H,90,91,92)(H,93,94,95)(H,96,97,98)(H3,61,62,64,65,66,67);;. The molecule has 56 heteroatoms. The first-order valence-electron chi connectivity index (χ1n) is 31.4. The van der Waals surface area contributed by atoms with Crippen LogP contribution in [0.3, 0.4) is 0 Å². The third-order valence-electron chi connectivity index (χ3n) is 14.5. The molecule has 0 saturated heterocycles. The van der Waals surface area contributed by atoms with Crippen molar-refractivity contribution in [2.24, 2.45) is 40.9 Å². The van der Waals surface area contributed by atoms with Crippen LogP contribution in [0.5, 0.6) is 11.6 Å². The summed E-state index contributed by atoms with van der Waals surface area (Å²) in [5, 5.41) is 76.9. The minimum absolute atomic E-state index is 0.0232. The van der Waals surface area contributed by atoms with Crippen LogP contribution < -0.4 is 20.7 Å². The van der Waals surface area contributed by atoms with Crippen molar-refractivity contribution in [3.8, 4) is 17.7 Å². The zero-order valence-corrected chi connectivity index (χ0v) is 66.8. The molecule has 115 heavy (non-hydrogen) atoms. The maximum absolute atomic E-state index is 12.6. The van der Waals surface area contributed by atoms with Gasteiger partial charge in [0.1, 0.15) is 45.0 Å². The van der Waals surface area contributed by atoms with Crippen molar-refractivity contribution in [1.82, 2.24) is 24.3 Å². The Hall–Kier alpha value is -11.0. The number of hydrogen-bond acceptors (Lipinski definition) is 40. The number of aromatic hydroxyl groups is 1. The van der Waals surface area contributed by atoms with Gasteiger partial charge in [0.2, 0.25) is 23.7 Å². The Morgan fingerprint density at radius 3 is 1.62 bits per heavy atom. The minimum atomic E-state index is -5.27. The summed E-state index contributed by atoms with van der Waals surface area (Å²) < 4.78 is 260. The van der Waals surface area contributed by atoms with E-state index >= 15 is 0 Å². The molecular formula is C59H58N18O28S10. The largest absolute Gasteiger partial charge is 0.493 e. The number of imidazole rings is 1. The number of hydrogen-bond donors (Lipinski definition) is 10. The van der Waals surface area contributed by atoms with Crippen LogP contribution in [-0.4, -0.2) is 185 Å². The highest BCUT2D eigenvalue weighted by Crippen LogP contribution is 2.46. The van der Waals surface area contributed by atoms with Gasteiger partial charge in [0.15, 0.2) is 11.3 Å². The summed E-state index contributed by atoms with van der Waals surface area (Å²) in [4.78, 5) is 26.8. The van der Waals surface area contributed by atoms with E-state index in [4.69, 9.17) is 30.0 Å². The Balaban J connectivity index is 0.00000218. The molecule has 10 N–H and O–H groups in total. The van der Waals surface area contributed by atoms with Gasteiger partial charge in [-0.25, -0.2) is 4.98 Å². The molecule has 0 fully saturated rings. The zero-order valence-electron chi connectivity index (χ0n) is 58.6. The summed E-state index contributed by atoms with van der Waals surface area (Å²) in [6.07, 6.45) is -0.489. The predicted molar refractivity (Wildman–Crippen MR) is 409 cm³/mol. The second-order valence-electron chi connectivity index (χ2n) is 22.9. The van der Waals surface area contributed by atoms with Crippen molar-refractivity contribution in [2.75, 3.05) is 63.6 Å². The van der Waals surface area contributed by atoms with Gasteiger partial charge in [0.25, 0.3) is 66.4 Å². The van der Waals surface area contributed by atoms with Crippen molar-refractivity contribution in [3.63, 3.8) is 0 Å². The highest BCUT2D eigenvalue weighted by molar-refractivity contribution is 7.99. The molecule has 0 unspecified atom stereocenters. The van der Waals surface area contributed by atoms with Gasteiger partial charge in [-0.3, -0.25) is 41.8 Å². The topological polar surface area (TPSA) is 716 Å². The van der Waals surface area contributed by atoms with Gasteiger partial charge in [-0.2, -0.15) is 80.9 Å². The molecule has 0 aliphatic rings. The molecule has 0 radical (unpaired) electrons. The number of para-hydroxylation sites is 2. The SMILES string of the molecule is Cc1cc(N=Nc2c(C)c(C#N)c3nc4ccccc4n3c2O)c(OCCCS(=O)(=O)O)cc1N=Nc1cc(C)c(N=Nc2cc(Nc3nc(NCCS(=O)(=O)O)nc(Nc4cccc(S(=O)(=O)O)c4)n3)c(N=Nc3ccc([N+](=O)[O-])cc3S(=O)(=O)O)cc2SCCCS(=O)(=O)O)cc1SCCCS(=O)(=O)O.O=S(=O)=O.O=S(=O)=O. The zero-order chi connectivity index (χ0) is 85.1. The lowest BCUT2D eigenvalue weighted by molar-refractivity contribution is -0.385. The van der Waals surface area contributed by atoms with Crippen molar-refractivity contribution >= 4 is 203 Å². The summed E-state index contributed by atoms with van der Waals surface area (Å²) in [6, 6.07) is 24.2. The van der Waals surface area contributed by atoms with Crippen molar-refractivity contribution in [1.29, 1.82) is 5.26 Å². The van der Waals surface area contributed by atoms with Crippen LogP contribution >= 0.6 is 23.5 Å². The van der Waals surface area contributed by atoms with Crippen LogP contribution in [0.25, 0.3) is 16.7 Å². The molecule has 46 nitrogen and oxygen atoms in total. The number of ether oxygens (including phenoxy) is 1. The summed E-state index contributed by atoms with van der Waals surface area (Å²) in [5.74, 6) is -4.74. The quantitative estimate of drug-likeness (QED) is 0.00447. The molecule has 0 spiro atoms. The number of nitrogens with zero attached hydrogens (tertiary/aromatic N) is 15. The van der Waals surface area contributed by atoms with E-state index in [1.165, 1.54) is 52.9 Å². The number of anilines is 5. The number of benzene rings is 6. The fourth-order valence-electron chi connectivity index (χ4n) is 9.53. The van der Waals surface area contributed by atoms with E-state index in [1.807, 2.05) is 0 Å². The van der Waals surface area contributed by atoms with Crippen molar-refractivity contribution < 1.29 is 118 Å². The van der Waals surface area contributed by atoms with Crippen molar-refractivity contribution in [2.45, 2.75) is 59.6 Å². The monoisotopic (exact) mass is 1790 g/mol. The molecular weight excluding hydrogens is 1730 g/mol. The second kappa shape index (κ2) is 39.3. The molecule has 0 aliphatic heterocycles. The van der Waals surface area contributed by atoms with Crippen LogP contribution in [0.4, 0.5) is 80.4 Å². The second-order valence-corrected chi connectivity index (χ2v) is 35.1. The number of azo groups is 4. The van der Waals surface area contributed by atoms with E-state index in [0.717, 1.165) is 47.8 Å². The number of non-ortho nitro benzene ring substituents is 1. The van der Waals surface area contributed by atoms with Crippen LogP contribution in [-0.2, 0) is 81.9 Å². The maximum Gasteiger partial charge on any atom is 0.425 e. The van der Waals surface area contributed by atoms with E-state index in [-0.39, 0.29) is 121 Å². The molecule has 0 aliphatic carbocycles. The van der Waals surface area contributed by atoms with E-state index in [2.05, 4.69) is 82.9 Å². The maximum atomic E-state index is 12.6. The number of nitriles is 1. The summed E-state index contributed by atoms with van der Waals surface area (Å²) in [7, 11) is -34.2. The number of aryl methyl sites for hydroxylation is 2. The van der Waals surface area contributed by atoms with Gasteiger partial charge in [-0.1, -0.05) is 18.2 Å². The first-order chi connectivity index (χ1) is 53.6. The number of aromatic nitrogens is 5. The molecule has 0 bridgehead atoms. The third kappa shape index (κ3) is 28.5. The Labute approximate surface area is 662 Å². The molecule has 0 atom stereocenters. The van der Waals surface area contributed by atoms with E-state index in [9.17, 15) is 98.3 Å². The van der Waals surface area contributed by atoms with Crippen LogP contribution in [0.15, 0.2) is 164 Å². The van der Waals surface area contributed by atoms with Crippen LogP contribution in [0.2, 0.25) is 0 Å². The Kier molecular flexibility index (Phi) is 31.2. The molecule has 0 saturated carbocycles. The molecule has 9 aromatic rings. The van der Waals surface area contributed by atoms with Gasteiger partial charge in [-0.05, 0) is 129 Å². The lowest BCUT2D eigenvalue weighted by Gasteiger charge is -2.14. The lowest BCUT2D eigenvalue weighted by atomic mass is 10.1. The molecule has 9 rings (SSSR count). The smallest absolute Gasteiger partial charge is 0.425 e. The average Bonchev–Trinajstić information content (AvgIpc) is 1.60. The predicted octanol–water partition coefficient (Wildman–Crippen LogP) is 10.4. The van der Waals surface area contributed by atoms with Crippen molar-refractivity contribution in [3.05, 3.63) is 135 Å². The number of nitro groups is 1. The van der Waals surface area contributed by atoms with Gasteiger partial charge < -0.3 is 25.8 Å². The fourth-order valence-corrected chi connectivity index (χ4v) is 14.8. The summed E-state index contributed by atoms with van der Waals surface area (Å²) in [5.41, 5.74) is 0.316. The molecule has 0 amide bonds. The van der Waals surface area contributed by atoms with Gasteiger partial charge in [0.05, 0.1) is 73.2 Å². The van der Waals surface area contributed by atoms with E-state index < -0.39 is 161 Å². The first kappa shape index (κ1) is 91.2. The molecule has 3 aromatic heterocycles. The normalized spacial score (nSPS) is 12.2. The molecule has 3 heterocycles.